The Morgan fingerprint density at radius 1 is 1.36 bits per heavy atom. The molecule has 3 N–H and O–H groups in total. The molecule has 0 radical (unpaired) electrons. The molecule has 0 aliphatic rings. The molecule has 0 aromatic rings. The van der Waals surface area contributed by atoms with Gasteiger partial charge in [-0.3, -0.25) is 4.79 Å². The summed E-state index contributed by atoms with van der Waals surface area (Å²) < 4.78 is 0. The number of aliphatic hydroxyl groups excluding tert-OH is 1. The maximum absolute atomic E-state index is 9.93. The first kappa shape index (κ1) is 9.64. The van der Waals surface area contributed by atoms with Crippen molar-refractivity contribution in [2.24, 2.45) is 0 Å². The maximum Gasteiger partial charge on any atom is 0.336 e. The first-order valence-electron chi connectivity index (χ1n) is 2.83. The van der Waals surface area contributed by atoms with Crippen LogP contribution in [0.25, 0.3) is 0 Å². The fourth-order valence-electron chi connectivity index (χ4n) is 0.380. The molecule has 0 aliphatic carbocycles. The molecule has 0 heterocycles. The lowest BCUT2D eigenvalue weighted by molar-refractivity contribution is -0.144. The van der Waals surface area contributed by atoms with Gasteiger partial charge in [0.05, 0.1) is 6.42 Å². The minimum Gasteiger partial charge on any atom is -0.481 e. The van der Waals surface area contributed by atoms with Crippen molar-refractivity contribution in [2.75, 3.05) is 0 Å². The Hall–Kier alpha value is -1.36. The molecule has 1 unspecified atom stereocenters. The van der Waals surface area contributed by atoms with E-state index in [0.29, 0.717) is 0 Å². The molecule has 0 saturated carbocycles. The maximum atomic E-state index is 9.93. The molecule has 5 heteroatoms. The van der Waals surface area contributed by atoms with Crippen molar-refractivity contribution in [3.8, 4) is 0 Å². The largest absolute Gasteiger partial charge is 0.481 e. The molecule has 0 saturated heterocycles. The SMILES string of the molecule is O=C(O)C/C=C/C(O)C(=O)O. The average molecular weight is 160 g/mol. The molecule has 0 fully saturated rings. The van der Waals surface area contributed by atoms with Crippen LogP contribution in [-0.4, -0.2) is 33.4 Å². The fraction of sp³-hybridized carbons (Fsp3) is 0.333. The topological polar surface area (TPSA) is 94.8 Å². The molecular weight excluding hydrogens is 152 g/mol. The molecule has 0 rings (SSSR count). The summed E-state index contributed by atoms with van der Waals surface area (Å²) in [6.07, 6.45) is 0.0939. The molecule has 62 valence electrons. The van der Waals surface area contributed by atoms with E-state index in [9.17, 15) is 9.59 Å². The Kier molecular flexibility index (Phi) is 3.90. The Morgan fingerprint density at radius 3 is 2.27 bits per heavy atom. The molecule has 0 amide bonds. The van der Waals surface area contributed by atoms with E-state index >= 15 is 0 Å². The molecule has 0 bridgehead atoms. The lowest BCUT2D eigenvalue weighted by Crippen LogP contribution is -2.16. The van der Waals surface area contributed by atoms with Crippen LogP contribution in [0.4, 0.5) is 0 Å². The van der Waals surface area contributed by atoms with Gasteiger partial charge in [0.15, 0.2) is 6.10 Å². The highest BCUT2D eigenvalue weighted by Crippen LogP contribution is 1.88. The minimum atomic E-state index is -1.62. The molecule has 5 nitrogen and oxygen atoms in total. The van der Waals surface area contributed by atoms with Crippen molar-refractivity contribution in [1.29, 1.82) is 0 Å². The van der Waals surface area contributed by atoms with E-state index in [1.807, 2.05) is 0 Å². The summed E-state index contributed by atoms with van der Waals surface area (Å²) in [5.41, 5.74) is 0. The van der Waals surface area contributed by atoms with Crippen LogP contribution in [0, 0.1) is 0 Å². The van der Waals surface area contributed by atoms with Crippen molar-refractivity contribution in [3.63, 3.8) is 0 Å². The Morgan fingerprint density at radius 2 is 1.91 bits per heavy atom. The molecule has 0 aromatic heterocycles. The predicted molar refractivity (Wildman–Crippen MR) is 35.0 cm³/mol. The van der Waals surface area contributed by atoms with Gasteiger partial charge < -0.3 is 15.3 Å². The lowest BCUT2D eigenvalue weighted by atomic mass is 10.3. The van der Waals surface area contributed by atoms with Gasteiger partial charge in [-0.25, -0.2) is 4.79 Å². The van der Waals surface area contributed by atoms with Crippen LogP contribution in [-0.2, 0) is 9.59 Å². The highest BCUT2D eigenvalue weighted by Gasteiger charge is 2.07. The Balaban J connectivity index is 3.74. The highest BCUT2D eigenvalue weighted by atomic mass is 16.4. The predicted octanol–water partition coefficient (Wildman–Crippen LogP) is -0.537. The number of hydrogen-bond donors (Lipinski definition) is 3. The number of hydrogen-bond acceptors (Lipinski definition) is 3. The van der Waals surface area contributed by atoms with Gasteiger partial charge in [-0.15, -0.1) is 0 Å². The van der Waals surface area contributed by atoms with E-state index in [4.69, 9.17) is 15.3 Å². The summed E-state index contributed by atoms with van der Waals surface area (Å²) in [6.45, 7) is 0. The molecular formula is C6H8O5. The molecule has 0 aromatic carbocycles. The Bertz CT molecular complexity index is 183. The first-order chi connectivity index (χ1) is 5.04. The van der Waals surface area contributed by atoms with Crippen molar-refractivity contribution in [2.45, 2.75) is 12.5 Å². The minimum absolute atomic E-state index is 0.287. The van der Waals surface area contributed by atoms with Gasteiger partial charge in [0.1, 0.15) is 0 Å². The van der Waals surface area contributed by atoms with Crippen LogP contribution >= 0.6 is 0 Å². The zero-order valence-electron chi connectivity index (χ0n) is 5.60. The van der Waals surface area contributed by atoms with Crippen molar-refractivity contribution in [1.82, 2.24) is 0 Å². The monoisotopic (exact) mass is 160 g/mol. The van der Waals surface area contributed by atoms with Gasteiger partial charge in [-0.1, -0.05) is 6.08 Å². The van der Waals surface area contributed by atoms with Crippen LogP contribution in [0.3, 0.4) is 0 Å². The summed E-state index contributed by atoms with van der Waals surface area (Å²) >= 11 is 0. The van der Waals surface area contributed by atoms with Crippen LogP contribution in [0.15, 0.2) is 12.2 Å². The van der Waals surface area contributed by atoms with E-state index in [1.54, 1.807) is 0 Å². The van der Waals surface area contributed by atoms with Gasteiger partial charge in [0.25, 0.3) is 0 Å². The quantitative estimate of drug-likeness (QED) is 0.480. The van der Waals surface area contributed by atoms with E-state index in [-0.39, 0.29) is 6.42 Å². The van der Waals surface area contributed by atoms with Gasteiger partial charge >= 0.3 is 11.9 Å². The third-order valence-electron chi connectivity index (χ3n) is 0.864. The van der Waals surface area contributed by atoms with Gasteiger partial charge in [0.2, 0.25) is 0 Å². The van der Waals surface area contributed by atoms with Gasteiger partial charge in [0, 0.05) is 0 Å². The molecule has 0 spiro atoms. The lowest BCUT2D eigenvalue weighted by Gasteiger charge is -1.94. The number of carboxylic acid groups (broad SMARTS) is 2. The third kappa shape index (κ3) is 5.10. The van der Waals surface area contributed by atoms with E-state index in [0.717, 1.165) is 12.2 Å². The normalized spacial score (nSPS) is 13.2. The van der Waals surface area contributed by atoms with Crippen molar-refractivity contribution >= 4 is 11.9 Å². The summed E-state index contributed by atoms with van der Waals surface area (Å²) in [4.78, 5) is 19.8. The van der Waals surface area contributed by atoms with E-state index < -0.39 is 18.0 Å². The second-order valence-corrected chi connectivity index (χ2v) is 1.81. The number of carbonyl (C=O) groups is 2. The molecule has 1 atom stereocenters. The number of rotatable bonds is 4. The zero-order chi connectivity index (χ0) is 8.85. The smallest absolute Gasteiger partial charge is 0.336 e. The zero-order valence-corrected chi connectivity index (χ0v) is 5.60. The number of aliphatic carboxylic acids is 2. The van der Waals surface area contributed by atoms with Crippen LogP contribution in [0.2, 0.25) is 0 Å². The third-order valence-corrected chi connectivity index (χ3v) is 0.864. The second kappa shape index (κ2) is 4.45. The van der Waals surface area contributed by atoms with Gasteiger partial charge in [-0.2, -0.15) is 0 Å². The average Bonchev–Trinajstić information content (AvgIpc) is 1.86. The van der Waals surface area contributed by atoms with Crippen molar-refractivity contribution < 1.29 is 24.9 Å². The summed E-state index contributed by atoms with van der Waals surface area (Å²) in [6, 6.07) is 0. The summed E-state index contributed by atoms with van der Waals surface area (Å²) in [5, 5.41) is 24.7. The highest BCUT2D eigenvalue weighted by molar-refractivity contribution is 5.74. The second-order valence-electron chi connectivity index (χ2n) is 1.81. The van der Waals surface area contributed by atoms with Crippen LogP contribution < -0.4 is 0 Å². The standard InChI is InChI=1S/C6H8O5/c7-4(6(10)11)2-1-3-5(8)9/h1-2,4,7H,3H2,(H,8,9)(H,10,11)/b2-1+. The molecule has 0 aliphatic heterocycles. The fourth-order valence-corrected chi connectivity index (χ4v) is 0.380. The number of carboxylic acids is 2. The van der Waals surface area contributed by atoms with Crippen LogP contribution in [0.5, 0.6) is 0 Å². The summed E-state index contributed by atoms with van der Waals surface area (Å²) in [5.74, 6) is -2.47. The molecule has 11 heavy (non-hydrogen) atoms. The summed E-state index contributed by atoms with van der Waals surface area (Å²) in [7, 11) is 0. The number of aliphatic hydroxyl groups is 1. The van der Waals surface area contributed by atoms with Crippen LogP contribution in [0.1, 0.15) is 6.42 Å². The van der Waals surface area contributed by atoms with E-state index in [2.05, 4.69) is 0 Å². The van der Waals surface area contributed by atoms with Gasteiger partial charge in [-0.05, 0) is 6.08 Å². The van der Waals surface area contributed by atoms with E-state index in [1.165, 1.54) is 0 Å². The first-order valence-corrected chi connectivity index (χ1v) is 2.83. The van der Waals surface area contributed by atoms with Crippen molar-refractivity contribution in [3.05, 3.63) is 12.2 Å². The Labute approximate surface area is 62.6 Å².